The molecule has 1 N–H and O–H groups in total. The summed E-state index contributed by atoms with van der Waals surface area (Å²) in [6, 6.07) is 3.10. The summed E-state index contributed by atoms with van der Waals surface area (Å²) in [5.74, 6) is 0.690. The lowest BCUT2D eigenvalue weighted by Gasteiger charge is -2.35. The van der Waals surface area contributed by atoms with E-state index in [0.717, 1.165) is 30.5 Å². The van der Waals surface area contributed by atoms with Crippen LogP contribution in [0.15, 0.2) is 27.6 Å². The molecule has 1 atom stereocenters. The van der Waals surface area contributed by atoms with E-state index in [0.29, 0.717) is 23.6 Å². The van der Waals surface area contributed by atoms with Crippen LogP contribution in [0.3, 0.4) is 0 Å². The highest BCUT2D eigenvalue weighted by Crippen LogP contribution is 2.30. The first kappa shape index (κ1) is 16.6. The van der Waals surface area contributed by atoms with E-state index in [-0.39, 0.29) is 23.9 Å². The number of piperidine rings is 1. The predicted octanol–water partition coefficient (Wildman–Crippen LogP) is 1.92. The van der Waals surface area contributed by atoms with E-state index in [9.17, 15) is 9.59 Å². The van der Waals surface area contributed by atoms with Crippen LogP contribution in [0.1, 0.15) is 48.0 Å². The van der Waals surface area contributed by atoms with Gasteiger partial charge in [-0.15, -0.1) is 0 Å². The first-order valence-electron chi connectivity index (χ1n) is 8.83. The Morgan fingerprint density at radius 3 is 3.00 bits per heavy atom. The molecule has 1 fully saturated rings. The van der Waals surface area contributed by atoms with Crippen LogP contribution in [0, 0.1) is 13.8 Å². The topological polar surface area (TPSA) is 96.5 Å². The standard InChI is InChI=1S/C18H21N5O3/c1-11-13(12(2)26-21-11)9-17(24)22-8-4-3-5-15(22)14-10-18(25)23-16(20-14)6-7-19-23/h6-7,10,15,19H,3-5,8-9H2,1-2H3. The molecular weight excluding hydrogens is 334 g/mol. The minimum absolute atomic E-state index is 0.0140. The normalized spacial score (nSPS) is 17.8. The fourth-order valence-corrected chi connectivity index (χ4v) is 3.66. The van der Waals surface area contributed by atoms with Crippen LogP contribution in [-0.4, -0.2) is 37.1 Å². The highest BCUT2D eigenvalue weighted by atomic mass is 16.5. The Morgan fingerprint density at radius 1 is 1.38 bits per heavy atom. The lowest BCUT2D eigenvalue weighted by molar-refractivity contribution is -0.134. The number of carbonyl (C=O) groups excluding carboxylic acids is 1. The summed E-state index contributed by atoms with van der Waals surface area (Å²) < 4.78 is 6.56. The fourth-order valence-electron chi connectivity index (χ4n) is 3.66. The molecule has 4 rings (SSSR count). The molecule has 136 valence electrons. The molecule has 8 heteroatoms. The number of carbonyl (C=O) groups is 1. The smallest absolute Gasteiger partial charge is 0.272 e. The third-order valence-corrected chi connectivity index (χ3v) is 5.07. The number of H-pyrrole nitrogens is 1. The lowest BCUT2D eigenvalue weighted by atomic mass is 9.97. The third kappa shape index (κ3) is 2.81. The van der Waals surface area contributed by atoms with Gasteiger partial charge in [-0.25, -0.2) is 9.50 Å². The molecule has 0 aromatic carbocycles. The van der Waals surface area contributed by atoms with Gasteiger partial charge in [0.2, 0.25) is 5.91 Å². The van der Waals surface area contributed by atoms with Crippen molar-refractivity contribution >= 4 is 11.6 Å². The van der Waals surface area contributed by atoms with Crippen molar-refractivity contribution in [2.24, 2.45) is 0 Å². The van der Waals surface area contributed by atoms with Crippen LogP contribution in [0.2, 0.25) is 0 Å². The number of fused-ring (bicyclic) bond motifs is 1. The number of hydrogen-bond acceptors (Lipinski definition) is 5. The summed E-state index contributed by atoms with van der Waals surface area (Å²) in [5.41, 5.74) is 2.64. The lowest BCUT2D eigenvalue weighted by Crippen LogP contribution is -2.40. The monoisotopic (exact) mass is 355 g/mol. The first-order chi connectivity index (χ1) is 12.5. The van der Waals surface area contributed by atoms with Gasteiger partial charge in [0, 0.05) is 30.4 Å². The molecule has 3 aromatic heterocycles. The summed E-state index contributed by atoms with van der Waals surface area (Å²) in [7, 11) is 0. The van der Waals surface area contributed by atoms with E-state index in [2.05, 4.69) is 15.2 Å². The van der Waals surface area contributed by atoms with Crippen LogP contribution < -0.4 is 5.56 Å². The van der Waals surface area contributed by atoms with Gasteiger partial charge in [-0.2, -0.15) is 0 Å². The molecule has 4 heterocycles. The molecule has 1 unspecified atom stereocenters. The number of nitrogens with zero attached hydrogens (tertiary/aromatic N) is 4. The number of aromatic nitrogens is 4. The Hall–Kier alpha value is -2.90. The van der Waals surface area contributed by atoms with Gasteiger partial charge in [0.25, 0.3) is 5.56 Å². The molecule has 3 aromatic rings. The van der Waals surface area contributed by atoms with Crippen molar-refractivity contribution in [1.29, 1.82) is 0 Å². The molecule has 1 aliphatic rings. The van der Waals surface area contributed by atoms with Gasteiger partial charge in [0.05, 0.1) is 23.9 Å². The van der Waals surface area contributed by atoms with Gasteiger partial charge in [0.15, 0.2) is 5.65 Å². The maximum absolute atomic E-state index is 13.0. The zero-order chi connectivity index (χ0) is 18.3. The molecule has 0 aliphatic carbocycles. The molecule has 0 saturated carbocycles. The Balaban J connectivity index is 1.65. The number of rotatable bonds is 3. The van der Waals surface area contributed by atoms with E-state index in [1.165, 1.54) is 10.6 Å². The molecule has 0 radical (unpaired) electrons. The Bertz CT molecular complexity index is 996. The number of aromatic amines is 1. The zero-order valence-corrected chi connectivity index (χ0v) is 14.9. The maximum Gasteiger partial charge on any atom is 0.272 e. The SMILES string of the molecule is Cc1noc(C)c1CC(=O)N1CCCCC1c1cc(=O)n2[nH]ccc2n1. The fraction of sp³-hybridized carbons (Fsp3) is 0.444. The van der Waals surface area contributed by atoms with Crippen LogP contribution in [-0.2, 0) is 11.2 Å². The van der Waals surface area contributed by atoms with Crippen LogP contribution in [0.5, 0.6) is 0 Å². The quantitative estimate of drug-likeness (QED) is 0.774. The second-order valence-electron chi connectivity index (χ2n) is 6.75. The highest BCUT2D eigenvalue weighted by molar-refractivity contribution is 5.79. The summed E-state index contributed by atoms with van der Waals surface area (Å²) in [5, 5.41) is 6.76. The van der Waals surface area contributed by atoms with E-state index < -0.39 is 0 Å². The average molecular weight is 355 g/mol. The maximum atomic E-state index is 13.0. The number of aryl methyl sites for hydroxylation is 2. The molecule has 1 aliphatic heterocycles. The van der Waals surface area contributed by atoms with Crippen molar-refractivity contribution in [3.8, 4) is 0 Å². The van der Waals surface area contributed by atoms with E-state index in [1.54, 1.807) is 12.3 Å². The number of hydrogen-bond donors (Lipinski definition) is 1. The van der Waals surface area contributed by atoms with Crippen molar-refractivity contribution in [3.05, 3.63) is 51.4 Å². The van der Waals surface area contributed by atoms with Crippen LogP contribution in [0.25, 0.3) is 5.65 Å². The van der Waals surface area contributed by atoms with Gasteiger partial charge >= 0.3 is 0 Å². The number of nitrogens with one attached hydrogen (secondary N) is 1. The minimum Gasteiger partial charge on any atom is -0.361 e. The second kappa shape index (κ2) is 6.44. The van der Waals surface area contributed by atoms with Crippen LogP contribution in [0.4, 0.5) is 0 Å². The van der Waals surface area contributed by atoms with Crippen LogP contribution >= 0.6 is 0 Å². The summed E-state index contributed by atoms with van der Waals surface area (Å²) in [4.78, 5) is 31.7. The van der Waals surface area contributed by atoms with Crippen molar-refractivity contribution in [2.75, 3.05) is 6.54 Å². The molecule has 1 amide bonds. The molecule has 8 nitrogen and oxygen atoms in total. The molecule has 0 bridgehead atoms. The minimum atomic E-state index is -0.177. The van der Waals surface area contributed by atoms with Gasteiger partial charge < -0.3 is 9.42 Å². The Morgan fingerprint density at radius 2 is 2.23 bits per heavy atom. The van der Waals surface area contributed by atoms with Crippen molar-refractivity contribution in [2.45, 2.75) is 45.6 Å². The highest BCUT2D eigenvalue weighted by Gasteiger charge is 2.30. The van der Waals surface area contributed by atoms with E-state index in [4.69, 9.17) is 4.52 Å². The molecule has 1 saturated heterocycles. The number of amides is 1. The Kier molecular flexibility index (Phi) is 4.10. The van der Waals surface area contributed by atoms with Gasteiger partial charge in [0.1, 0.15) is 5.76 Å². The zero-order valence-electron chi connectivity index (χ0n) is 14.9. The average Bonchev–Trinajstić information content (AvgIpc) is 3.24. The van der Waals surface area contributed by atoms with Gasteiger partial charge in [-0.05, 0) is 33.1 Å². The van der Waals surface area contributed by atoms with Gasteiger partial charge in [-0.3, -0.25) is 14.7 Å². The molecule has 26 heavy (non-hydrogen) atoms. The van der Waals surface area contributed by atoms with Crippen molar-refractivity contribution in [1.82, 2.24) is 24.7 Å². The Labute approximate surface area is 149 Å². The van der Waals surface area contributed by atoms with E-state index in [1.807, 2.05) is 18.7 Å². The summed E-state index contributed by atoms with van der Waals surface area (Å²) in [6.45, 7) is 4.33. The predicted molar refractivity (Wildman–Crippen MR) is 93.8 cm³/mol. The first-order valence-corrected chi connectivity index (χ1v) is 8.83. The molecule has 0 spiro atoms. The van der Waals surface area contributed by atoms with Crippen molar-refractivity contribution in [3.63, 3.8) is 0 Å². The summed E-state index contributed by atoms with van der Waals surface area (Å²) >= 11 is 0. The summed E-state index contributed by atoms with van der Waals surface area (Å²) in [6.07, 6.45) is 4.70. The second-order valence-corrected chi connectivity index (χ2v) is 6.75. The molecular formula is C18H21N5O3. The van der Waals surface area contributed by atoms with Crippen molar-refractivity contribution < 1.29 is 9.32 Å². The number of likely N-dealkylation sites (tertiary alicyclic amines) is 1. The van der Waals surface area contributed by atoms with E-state index >= 15 is 0 Å². The largest absolute Gasteiger partial charge is 0.361 e. The van der Waals surface area contributed by atoms with Gasteiger partial charge in [-0.1, -0.05) is 5.16 Å². The third-order valence-electron chi connectivity index (χ3n) is 5.07.